The molecule has 0 spiro atoms. The van der Waals surface area contributed by atoms with E-state index in [9.17, 15) is 9.90 Å². The monoisotopic (exact) mass is 334 g/mol. The third-order valence-corrected chi connectivity index (χ3v) is 3.54. The molecule has 0 aliphatic heterocycles. The molecule has 1 heterocycles. The Morgan fingerprint density at radius 3 is 2.60 bits per heavy atom. The number of aromatic nitrogens is 1. The van der Waals surface area contributed by atoms with Gasteiger partial charge in [-0.25, -0.2) is 4.79 Å². The smallest absolute Gasteiger partial charge is 0.339 e. The first kappa shape index (κ1) is 14.5. The topological polar surface area (TPSA) is 62.2 Å². The van der Waals surface area contributed by atoms with Crippen LogP contribution in [-0.4, -0.2) is 16.1 Å². The van der Waals surface area contributed by atoms with Crippen molar-refractivity contribution in [3.63, 3.8) is 0 Å². The first-order chi connectivity index (χ1) is 9.47. The molecule has 0 saturated heterocycles. The fourth-order valence-electron chi connectivity index (χ4n) is 1.92. The van der Waals surface area contributed by atoms with E-state index in [4.69, 9.17) is 0 Å². The Morgan fingerprint density at radius 1 is 1.35 bits per heavy atom. The molecule has 0 bridgehead atoms. The van der Waals surface area contributed by atoms with Crippen molar-refractivity contribution in [3.05, 3.63) is 57.8 Å². The highest BCUT2D eigenvalue weighted by Crippen LogP contribution is 2.24. The molecule has 0 aliphatic carbocycles. The number of pyridine rings is 1. The van der Waals surface area contributed by atoms with E-state index in [0.29, 0.717) is 5.69 Å². The Kier molecular flexibility index (Phi) is 4.39. The number of aryl methyl sites for hydroxylation is 1. The van der Waals surface area contributed by atoms with Crippen LogP contribution in [0.25, 0.3) is 0 Å². The molecule has 4 nitrogen and oxygen atoms in total. The van der Waals surface area contributed by atoms with Crippen LogP contribution < -0.4 is 5.32 Å². The molecule has 2 N–H and O–H groups in total. The maximum absolute atomic E-state index is 11.2. The lowest BCUT2D eigenvalue weighted by Crippen LogP contribution is -2.11. The van der Waals surface area contributed by atoms with E-state index in [1.165, 1.54) is 6.20 Å². The molecule has 20 heavy (non-hydrogen) atoms. The van der Waals surface area contributed by atoms with Crippen LogP contribution in [0, 0.1) is 6.92 Å². The molecule has 0 amide bonds. The van der Waals surface area contributed by atoms with Crippen molar-refractivity contribution in [2.24, 2.45) is 0 Å². The summed E-state index contributed by atoms with van der Waals surface area (Å²) in [6.07, 6.45) is 1.38. The average molecular weight is 335 g/mol. The third-order valence-electron chi connectivity index (χ3n) is 3.01. The molecule has 0 radical (unpaired) electrons. The van der Waals surface area contributed by atoms with Crippen LogP contribution in [-0.2, 0) is 0 Å². The summed E-state index contributed by atoms with van der Waals surface area (Å²) >= 11 is 3.40. The molecule has 0 saturated carbocycles. The van der Waals surface area contributed by atoms with Gasteiger partial charge in [0.1, 0.15) is 5.56 Å². The zero-order valence-electron chi connectivity index (χ0n) is 11.2. The minimum atomic E-state index is -0.983. The predicted octanol–water partition coefficient (Wildman–Crippen LogP) is 4.02. The molecular formula is C15H15BrN2O2. The van der Waals surface area contributed by atoms with Gasteiger partial charge in [-0.2, -0.15) is 0 Å². The van der Waals surface area contributed by atoms with Crippen molar-refractivity contribution >= 4 is 27.6 Å². The summed E-state index contributed by atoms with van der Waals surface area (Å²) < 4.78 is 1.01. The highest BCUT2D eigenvalue weighted by molar-refractivity contribution is 9.10. The summed E-state index contributed by atoms with van der Waals surface area (Å²) in [6, 6.07) is 9.67. The molecular weight excluding hydrogens is 320 g/mol. The van der Waals surface area contributed by atoms with Crippen molar-refractivity contribution in [3.8, 4) is 0 Å². The molecule has 0 fully saturated rings. The molecule has 1 unspecified atom stereocenters. The first-order valence-corrected chi connectivity index (χ1v) is 6.98. The molecule has 2 rings (SSSR count). The number of hydrogen-bond acceptors (Lipinski definition) is 3. The van der Waals surface area contributed by atoms with E-state index in [0.717, 1.165) is 15.7 Å². The van der Waals surface area contributed by atoms with Crippen LogP contribution in [0.2, 0.25) is 0 Å². The fourth-order valence-corrected chi connectivity index (χ4v) is 2.18. The summed E-state index contributed by atoms with van der Waals surface area (Å²) in [4.78, 5) is 15.2. The second-order valence-electron chi connectivity index (χ2n) is 4.59. The fraction of sp³-hybridized carbons (Fsp3) is 0.200. The summed E-state index contributed by atoms with van der Waals surface area (Å²) in [5.41, 5.74) is 2.62. The number of rotatable bonds is 4. The second-order valence-corrected chi connectivity index (χ2v) is 5.51. The Bertz CT molecular complexity index is 626. The van der Waals surface area contributed by atoms with Crippen LogP contribution in [0.5, 0.6) is 0 Å². The van der Waals surface area contributed by atoms with Crippen LogP contribution in [0.1, 0.15) is 34.6 Å². The highest BCUT2D eigenvalue weighted by Gasteiger charge is 2.13. The Hall–Kier alpha value is -1.88. The van der Waals surface area contributed by atoms with Crippen molar-refractivity contribution in [1.29, 1.82) is 0 Å². The number of carboxylic acids is 1. The maximum atomic E-state index is 11.2. The quantitative estimate of drug-likeness (QED) is 0.886. The lowest BCUT2D eigenvalue weighted by Gasteiger charge is -2.17. The Labute approximate surface area is 126 Å². The third kappa shape index (κ3) is 3.36. The number of hydrogen-bond donors (Lipinski definition) is 2. The largest absolute Gasteiger partial charge is 0.478 e. The van der Waals surface area contributed by atoms with Gasteiger partial charge >= 0.3 is 5.97 Å². The number of halogens is 1. The highest BCUT2D eigenvalue weighted by atomic mass is 79.9. The summed E-state index contributed by atoms with van der Waals surface area (Å²) in [5.74, 6) is -0.983. The van der Waals surface area contributed by atoms with Gasteiger partial charge in [0, 0.05) is 22.4 Å². The van der Waals surface area contributed by atoms with Crippen LogP contribution >= 0.6 is 15.9 Å². The summed E-state index contributed by atoms with van der Waals surface area (Å²) in [7, 11) is 0. The molecule has 5 heteroatoms. The lowest BCUT2D eigenvalue weighted by atomic mass is 10.1. The molecule has 2 aromatic rings. The van der Waals surface area contributed by atoms with E-state index in [2.05, 4.69) is 26.2 Å². The van der Waals surface area contributed by atoms with Crippen LogP contribution in [0.4, 0.5) is 5.69 Å². The molecule has 1 aromatic heterocycles. The van der Waals surface area contributed by atoms with Crippen molar-refractivity contribution in [2.45, 2.75) is 19.9 Å². The minimum absolute atomic E-state index is 0.00278. The Morgan fingerprint density at radius 2 is 2.00 bits per heavy atom. The minimum Gasteiger partial charge on any atom is -0.478 e. The molecule has 1 aromatic carbocycles. The number of aromatic carboxylic acids is 1. The van der Waals surface area contributed by atoms with E-state index in [1.807, 2.05) is 38.1 Å². The van der Waals surface area contributed by atoms with Gasteiger partial charge in [-0.15, -0.1) is 0 Å². The zero-order chi connectivity index (χ0) is 14.7. The van der Waals surface area contributed by atoms with E-state index >= 15 is 0 Å². The SMILES string of the molecule is Cc1cc(NC(C)c2ccc(Br)cc2)c(C(=O)O)cn1. The predicted molar refractivity (Wildman–Crippen MR) is 82.1 cm³/mol. The van der Waals surface area contributed by atoms with Gasteiger partial charge in [-0.05, 0) is 37.6 Å². The second kappa shape index (κ2) is 6.05. The van der Waals surface area contributed by atoms with Gasteiger partial charge in [0.25, 0.3) is 0 Å². The number of benzene rings is 1. The van der Waals surface area contributed by atoms with E-state index in [1.54, 1.807) is 6.07 Å². The standard InChI is InChI=1S/C15H15BrN2O2/c1-9-7-14(13(8-17-9)15(19)20)18-10(2)11-3-5-12(16)6-4-11/h3-8,10H,1-2H3,(H,17,18)(H,19,20). The normalized spacial score (nSPS) is 11.9. The van der Waals surface area contributed by atoms with Gasteiger partial charge in [0.2, 0.25) is 0 Å². The lowest BCUT2D eigenvalue weighted by molar-refractivity contribution is 0.0697. The van der Waals surface area contributed by atoms with Crippen molar-refractivity contribution < 1.29 is 9.90 Å². The molecule has 104 valence electrons. The van der Waals surface area contributed by atoms with E-state index < -0.39 is 5.97 Å². The number of nitrogens with zero attached hydrogens (tertiary/aromatic N) is 1. The van der Waals surface area contributed by atoms with Crippen molar-refractivity contribution in [2.75, 3.05) is 5.32 Å². The number of carbonyl (C=O) groups is 1. The van der Waals surface area contributed by atoms with Gasteiger partial charge in [0.15, 0.2) is 0 Å². The van der Waals surface area contributed by atoms with Crippen molar-refractivity contribution in [1.82, 2.24) is 4.98 Å². The number of anilines is 1. The number of nitrogens with one attached hydrogen (secondary N) is 1. The molecule has 0 aliphatic rings. The summed E-state index contributed by atoms with van der Waals surface area (Å²) in [5, 5.41) is 12.4. The van der Waals surface area contributed by atoms with Crippen LogP contribution in [0.3, 0.4) is 0 Å². The van der Waals surface area contributed by atoms with Gasteiger partial charge in [-0.3, -0.25) is 4.98 Å². The summed E-state index contributed by atoms with van der Waals surface area (Å²) in [6.45, 7) is 3.83. The van der Waals surface area contributed by atoms with Gasteiger partial charge in [0.05, 0.1) is 5.69 Å². The number of carboxylic acid groups (broad SMARTS) is 1. The zero-order valence-corrected chi connectivity index (χ0v) is 12.8. The first-order valence-electron chi connectivity index (χ1n) is 6.19. The molecule has 1 atom stereocenters. The maximum Gasteiger partial charge on any atom is 0.339 e. The Balaban J connectivity index is 2.27. The van der Waals surface area contributed by atoms with E-state index in [-0.39, 0.29) is 11.6 Å². The van der Waals surface area contributed by atoms with Gasteiger partial charge < -0.3 is 10.4 Å². The van der Waals surface area contributed by atoms with Gasteiger partial charge in [-0.1, -0.05) is 28.1 Å². The van der Waals surface area contributed by atoms with Crippen LogP contribution in [0.15, 0.2) is 41.0 Å². The average Bonchev–Trinajstić information content (AvgIpc) is 2.39.